The molecule has 0 saturated heterocycles. The van der Waals surface area contributed by atoms with Crippen LogP contribution in [0, 0.1) is 0 Å². The Morgan fingerprint density at radius 1 is 1.03 bits per heavy atom. The molecule has 0 radical (unpaired) electrons. The van der Waals surface area contributed by atoms with Gasteiger partial charge >= 0.3 is 0 Å². The molecule has 0 aliphatic carbocycles. The van der Waals surface area contributed by atoms with Gasteiger partial charge in [0.05, 0.1) is 12.4 Å². The lowest BCUT2D eigenvalue weighted by Crippen LogP contribution is -2.32. The number of carbonyl (C=O) groups is 1. The van der Waals surface area contributed by atoms with E-state index in [4.69, 9.17) is 25.8 Å². The number of hydrogen-bond acceptors (Lipinski definition) is 6. The highest BCUT2D eigenvalue weighted by molar-refractivity contribution is 7.90. The number of unbranched alkanes of at least 4 members (excludes halogenated alkanes) is 2. The van der Waals surface area contributed by atoms with Crippen molar-refractivity contribution in [2.75, 3.05) is 26.1 Å². The van der Waals surface area contributed by atoms with Crippen LogP contribution in [0.3, 0.4) is 0 Å². The third-order valence-corrected chi connectivity index (χ3v) is 6.16. The van der Waals surface area contributed by atoms with Gasteiger partial charge in [0.1, 0.15) is 23.9 Å². The van der Waals surface area contributed by atoms with Crippen LogP contribution in [0.1, 0.15) is 38.2 Å². The Bertz CT molecular complexity index is 965. The van der Waals surface area contributed by atoms with Crippen molar-refractivity contribution in [2.45, 2.75) is 39.0 Å². The first-order chi connectivity index (χ1) is 15.3. The van der Waals surface area contributed by atoms with Crippen LogP contribution in [0.5, 0.6) is 17.2 Å². The van der Waals surface area contributed by atoms with Crippen molar-refractivity contribution in [1.82, 2.24) is 4.72 Å². The first kappa shape index (κ1) is 28.7. The number of halogens is 1. The van der Waals surface area contributed by atoms with Crippen molar-refractivity contribution in [1.29, 1.82) is 0 Å². The van der Waals surface area contributed by atoms with Gasteiger partial charge in [0, 0.05) is 24.6 Å². The molecule has 8 nitrogen and oxygen atoms in total. The molecule has 33 heavy (non-hydrogen) atoms. The quantitative estimate of drug-likeness (QED) is 0.391. The third-order valence-electron chi connectivity index (χ3n) is 4.54. The van der Waals surface area contributed by atoms with Gasteiger partial charge in [-0.25, -0.2) is 8.42 Å². The number of benzene rings is 2. The largest absolute Gasteiger partial charge is 0.491 e. The highest BCUT2D eigenvalue weighted by Gasteiger charge is 2.16. The van der Waals surface area contributed by atoms with E-state index >= 15 is 0 Å². The summed E-state index contributed by atoms with van der Waals surface area (Å²) >= 11 is 5.94. The van der Waals surface area contributed by atoms with Gasteiger partial charge in [-0.2, -0.15) is 0 Å². The fraction of sp³-hybridized carbons (Fsp3) is 0.435. The summed E-state index contributed by atoms with van der Waals surface area (Å²) in [6.45, 7) is 2.82. The first-order valence-electron chi connectivity index (χ1n) is 10.5. The monoisotopic (exact) mass is 501 g/mol. The average molecular weight is 502 g/mol. The molecule has 0 saturated carbocycles. The van der Waals surface area contributed by atoms with Crippen molar-refractivity contribution >= 4 is 27.5 Å². The Morgan fingerprint density at radius 3 is 2.39 bits per heavy atom. The molecule has 0 unspecified atom stereocenters. The summed E-state index contributed by atoms with van der Waals surface area (Å²) in [6.07, 6.45) is 2.55. The zero-order valence-electron chi connectivity index (χ0n) is 18.9. The Hall–Kier alpha value is -2.33. The lowest BCUT2D eigenvalue weighted by molar-refractivity contribution is -0.119. The van der Waals surface area contributed by atoms with Gasteiger partial charge in [0.2, 0.25) is 15.9 Å². The predicted molar refractivity (Wildman–Crippen MR) is 129 cm³/mol. The van der Waals surface area contributed by atoms with Gasteiger partial charge in [0.15, 0.2) is 0 Å². The summed E-state index contributed by atoms with van der Waals surface area (Å²) in [4.78, 5) is 12.2. The number of ether oxygens (including phenoxy) is 3. The smallest absolute Gasteiger partial charge is 0.234 e. The lowest BCUT2D eigenvalue weighted by Gasteiger charge is -2.14. The topological polar surface area (TPSA) is 122 Å². The fourth-order valence-electron chi connectivity index (χ4n) is 2.86. The maximum atomic E-state index is 12.2. The molecule has 0 fully saturated rings. The molecule has 3 N–H and O–H groups in total. The van der Waals surface area contributed by atoms with Gasteiger partial charge in [-0.05, 0) is 48.7 Å². The molecular formula is C23H32ClNO7S. The molecule has 0 aliphatic rings. The van der Waals surface area contributed by atoms with E-state index in [2.05, 4.69) is 4.72 Å². The van der Waals surface area contributed by atoms with Crippen molar-refractivity contribution in [3.63, 3.8) is 0 Å². The van der Waals surface area contributed by atoms with Crippen LogP contribution in [0.25, 0.3) is 0 Å². The number of amides is 1. The van der Waals surface area contributed by atoms with Gasteiger partial charge < -0.3 is 19.7 Å². The standard InChI is InChI=1S/C23H30ClNO6S.H2O/c1-3-4-5-16-32(27,28)25-23(26)13-7-18-6-10-21(30-15-14-29-2)17-22(18)31-20-11-8-19(24)9-12-20;/h6,8-12,17H,3-5,7,13-16H2,1-2H3,(H,25,26);1H2. The molecule has 2 aromatic rings. The van der Waals surface area contributed by atoms with Gasteiger partial charge in [-0.3, -0.25) is 9.52 Å². The summed E-state index contributed by atoms with van der Waals surface area (Å²) in [7, 11) is -2.02. The summed E-state index contributed by atoms with van der Waals surface area (Å²) in [5.41, 5.74) is 0.748. The minimum atomic E-state index is -3.61. The zero-order valence-corrected chi connectivity index (χ0v) is 20.5. The number of hydrogen-bond donors (Lipinski definition) is 1. The Kier molecular flexibility index (Phi) is 12.8. The summed E-state index contributed by atoms with van der Waals surface area (Å²) in [5, 5.41) is 0.589. The van der Waals surface area contributed by atoms with Crippen LogP contribution in [-0.2, 0) is 26.0 Å². The van der Waals surface area contributed by atoms with Crippen molar-refractivity contribution in [2.24, 2.45) is 0 Å². The summed E-state index contributed by atoms with van der Waals surface area (Å²) in [6, 6.07) is 12.2. The molecule has 0 aliphatic heterocycles. The SMILES string of the molecule is CCCCCS(=O)(=O)NC(=O)CCc1ccc(OCCOC)cc1Oc1ccc(Cl)cc1.O. The van der Waals surface area contributed by atoms with E-state index in [0.717, 1.165) is 18.4 Å². The average Bonchev–Trinajstić information content (AvgIpc) is 2.75. The Morgan fingerprint density at radius 2 is 1.73 bits per heavy atom. The van der Waals surface area contributed by atoms with E-state index in [1.807, 2.05) is 6.92 Å². The van der Waals surface area contributed by atoms with Crippen molar-refractivity contribution in [3.8, 4) is 17.2 Å². The molecule has 0 aromatic heterocycles. The van der Waals surface area contributed by atoms with Crippen LogP contribution >= 0.6 is 11.6 Å². The number of nitrogens with one attached hydrogen (secondary N) is 1. The molecule has 0 atom stereocenters. The lowest BCUT2D eigenvalue weighted by atomic mass is 10.1. The Labute approximate surface area is 200 Å². The van der Waals surface area contributed by atoms with E-state index in [1.165, 1.54) is 0 Å². The van der Waals surface area contributed by atoms with Crippen molar-refractivity contribution < 1.29 is 32.9 Å². The third kappa shape index (κ3) is 10.9. The Balaban J connectivity index is 0.00000544. The second-order valence-electron chi connectivity index (χ2n) is 7.22. The molecule has 1 amide bonds. The highest BCUT2D eigenvalue weighted by Crippen LogP contribution is 2.31. The van der Waals surface area contributed by atoms with Gasteiger partial charge in [-0.15, -0.1) is 0 Å². The number of carbonyl (C=O) groups excluding carboxylic acids is 1. The van der Waals surface area contributed by atoms with Crippen molar-refractivity contribution in [3.05, 3.63) is 53.1 Å². The predicted octanol–water partition coefficient (Wildman–Crippen LogP) is 3.90. The van der Waals surface area contributed by atoms with E-state index in [-0.39, 0.29) is 17.6 Å². The molecule has 0 bridgehead atoms. The molecule has 0 heterocycles. The van der Waals surface area contributed by atoms with Gasteiger partial charge in [0.25, 0.3) is 0 Å². The normalized spacial score (nSPS) is 10.9. The number of sulfonamides is 1. The summed E-state index contributed by atoms with van der Waals surface area (Å²) in [5.74, 6) is 1.09. The fourth-order valence-corrected chi connectivity index (χ4v) is 4.13. The van der Waals surface area contributed by atoms with Crippen LogP contribution in [-0.4, -0.2) is 45.9 Å². The number of rotatable bonds is 14. The maximum Gasteiger partial charge on any atom is 0.234 e. The minimum absolute atomic E-state index is 0. The van der Waals surface area contributed by atoms with E-state index in [1.54, 1.807) is 49.6 Å². The first-order valence-corrected chi connectivity index (χ1v) is 12.6. The maximum absolute atomic E-state index is 12.2. The number of methoxy groups -OCH3 is 1. The zero-order chi connectivity index (χ0) is 23.4. The minimum Gasteiger partial charge on any atom is -0.491 e. The van der Waals surface area contributed by atoms with Crippen LogP contribution in [0.15, 0.2) is 42.5 Å². The van der Waals surface area contributed by atoms with Gasteiger partial charge in [-0.1, -0.05) is 37.4 Å². The molecule has 2 aromatic carbocycles. The second kappa shape index (κ2) is 14.7. The molecule has 0 spiro atoms. The van der Waals surface area contributed by atoms with E-state index in [9.17, 15) is 13.2 Å². The van der Waals surface area contributed by atoms with Crippen LogP contribution in [0.4, 0.5) is 0 Å². The van der Waals surface area contributed by atoms with E-state index < -0.39 is 15.9 Å². The molecule has 10 heteroatoms. The van der Waals surface area contributed by atoms with Crippen LogP contribution < -0.4 is 14.2 Å². The number of aryl methyl sites for hydroxylation is 1. The molecule has 2 rings (SSSR count). The second-order valence-corrected chi connectivity index (χ2v) is 9.50. The molecule has 184 valence electrons. The molecular weight excluding hydrogens is 470 g/mol. The highest BCUT2D eigenvalue weighted by atomic mass is 35.5. The van der Waals surface area contributed by atoms with Crippen LogP contribution in [0.2, 0.25) is 5.02 Å². The van der Waals surface area contributed by atoms with E-state index in [0.29, 0.717) is 48.3 Å². The summed E-state index contributed by atoms with van der Waals surface area (Å²) < 4.78 is 42.9.